The van der Waals surface area contributed by atoms with Crippen LogP contribution < -0.4 is 11.1 Å². The molecule has 2 heterocycles. The van der Waals surface area contributed by atoms with Gasteiger partial charge in [0.1, 0.15) is 5.84 Å². The molecular weight excluding hydrogens is 510 g/mol. The average molecular weight is 552 g/mol. The summed E-state index contributed by atoms with van der Waals surface area (Å²) in [5, 5.41) is 3.34. The Balaban J connectivity index is 1.58. The van der Waals surface area contributed by atoms with Gasteiger partial charge < -0.3 is 16.0 Å². The van der Waals surface area contributed by atoms with Crippen molar-refractivity contribution in [3.8, 4) is 11.1 Å². The number of aliphatic imine (C=N–C) groups is 1. The molecule has 4 rings (SSSR count). The molecule has 0 aromatic heterocycles. The fourth-order valence-electron chi connectivity index (χ4n) is 5.23. The van der Waals surface area contributed by atoms with Crippen molar-refractivity contribution in [3.05, 3.63) is 53.6 Å². The number of nitrogens with one attached hydrogen (secondary N) is 1. The Labute approximate surface area is 233 Å². The average Bonchev–Trinajstić information content (AvgIpc) is 3.39. The molecule has 1 saturated heterocycles. The lowest BCUT2D eigenvalue weighted by Crippen LogP contribution is -2.34. The zero-order valence-corrected chi connectivity index (χ0v) is 24.1. The van der Waals surface area contributed by atoms with E-state index in [0.717, 1.165) is 55.5 Å². The largest absolute Gasteiger partial charge is 0.387 e. The van der Waals surface area contributed by atoms with Gasteiger partial charge in [0.25, 0.3) is 0 Å². The zero-order chi connectivity index (χ0) is 28.0. The van der Waals surface area contributed by atoms with E-state index in [-0.39, 0.29) is 10.8 Å². The molecule has 1 atom stereocenters. The third-order valence-electron chi connectivity index (χ3n) is 7.43. The Hall–Kier alpha value is -3.01. The van der Waals surface area contributed by atoms with Crippen molar-refractivity contribution in [1.82, 2.24) is 14.5 Å². The number of hydrogen-bond donors (Lipinski definition) is 2. The van der Waals surface area contributed by atoms with Crippen LogP contribution in [0.4, 0.5) is 5.69 Å². The Morgan fingerprint density at radius 1 is 1.08 bits per heavy atom. The van der Waals surface area contributed by atoms with Gasteiger partial charge in [-0.15, -0.1) is 0 Å². The summed E-state index contributed by atoms with van der Waals surface area (Å²) in [7, 11) is -1.96. The number of benzene rings is 2. The maximum atomic E-state index is 13.3. The lowest BCUT2D eigenvalue weighted by atomic mass is 10.0. The molecule has 1 amide bonds. The molecule has 39 heavy (non-hydrogen) atoms. The molecule has 0 saturated carbocycles. The van der Waals surface area contributed by atoms with Crippen molar-refractivity contribution in [2.75, 3.05) is 39.8 Å². The number of carbonyl (C=O) groups is 1. The standard InChI is InChI=1S/C30H41N5O3S/c1-4-14-35(15-5-2)30(36)26-17-25-10-9-24(19-28(25)33-29(31)20-26)23-7-6-8-27(18-23)39(37,38)34(3)16-12-22-11-13-32-21-22/h6-10,17-19,22,32H,4-5,11-16,20-21H2,1-3H3,(H2,31,33). The monoisotopic (exact) mass is 551 g/mol. The molecule has 0 spiro atoms. The molecule has 1 unspecified atom stereocenters. The van der Waals surface area contributed by atoms with Gasteiger partial charge in [0, 0.05) is 44.2 Å². The third-order valence-corrected chi connectivity index (χ3v) is 9.29. The Bertz CT molecular complexity index is 1340. The fourth-order valence-corrected chi connectivity index (χ4v) is 6.46. The molecule has 2 aromatic rings. The summed E-state index contributed by atoms with van der Waals surface area (Å²) in [5.74, 6) is 0.904. The van der Waals surface area contributed by atoms with E-state index in [2.05, 4.69) is 24.2 Å². The molecule has 2 aliphatic heterocycles. The van der Waals surface area contributed by atoms with Gasteiger partial charge in [-0.2, -0.15) is 0 Å². The van der Waals surface area contributed by atoms with Crippen molar-refractivity contribution < 1.29 is 13.2 Å². The normalized spacial score (nSPS) is 17.4. The maximum Gasteiger partial charge on any atom is 0.250 e. The van der Waals surface area contributed by atoms with E-state index < -0.39 is 10.0 Å². The molecular formula is C30H41N5O3S. The van der Waals surface area contributed by atoms with Gasteiger partial charge in [0.05, 0.1) is 10.6 Å². The molecule has 2 aliphatic rings. The van der Waals surface area contributed by atoms with Gasteiger partial charge in [-0.25, -0.2) is 17.7 Å². The smallest absolute Gasteiger partial charge is 0.250 e. The van der Waals surface area contributed by atoms with Gasteiger partial charge in [-0.05, 0) is 80.1 Å². The summed E-state index contributed by atoms with van der Waals surface area (Å²) in [5.41, 5.74) is 9.99. The second-order valence-corrected chi connectivity index (χ2v) is 12.6. The lowest BCUT2D eigenvalue weighted by Gasteiger charge is -2.22. The number of sulfonamides is 1. The van der Waals surface area contributed by atoms with E-state index in [1.165, 1.54) is 4.31 Å². The first kappa shape index (κ1) is 29.0. The molecule has 2 aromatic carbocycles. The minimum atomic E-state index is -3.61. The second-order valence-electron chi connectivity index (χ2n) is 10.5. The second kappa shape index (κ2) is 12.9. The minimum Gasteiger partial charge on any atom is -0.387 e. The van der Waals surface area contributed by atoms with Crippen LogP contribution in [0.3, 0.4) is 0 Å². The third kappa shape index (κ3) is 6.96. The minimum absolute atomic E-state index is 0.00000158. The molecule has 8 nitrogen and oxygen atoms in total. The molecule has 0 bridgehead atoms. The van der Waals surface area contributed by atoms with E-state index in [1.807, 2.05) is 35.2 Å². The van der Waals surface area contributed by atoms with Gasteiger partial charge in [0.2, 0.25) is 15.9 Å². The summed E-state index contributed by atoms with van der Waals surface area (Å²) < 4.78 is 28.1. The van der Waals surface area contributed by atoms with Crippen molar-refractivity contribution in [2.24, 2.45) is 16.6 Å². The summed E-state index contributed by atoms with van der Waals surface area (Å²) in [4.78, 5) is 20.0. The van der Waals surface area contributed by atoms with Gasteiger partial charge >= 0.3 is 0 Å². The summed E-state index contributed by atoms with van der Waals surface area (Å²) >= 11 is 0. The Morgan fingerprint density at radius 3 is 2.51 bits per heavy atom. The number of nitrogens with zero attached hydrogens (tertiary/aromatic N) is 3. The Kier molecular flexibility index (Phi) is 9.58. The maximum absolute atomic E-state index is 13.3. The number of amides is 1. The predicted molar refractivity (Wildman–Crippen MR) is 158 cm³/mol. The van der Waals surface area contributed by atoms with Crippen molar-refractivity contribution in [1.29, 1.82) is 0 Å². The summed E-state index contributed by atoms with van der Waals surface area (Å²) in [6.45, 7) is 8.00. The number of carbonyl (C=O) groups excluding carboxylic acids is 1. The molecule has 3 N–H and O–H groups in total. The number of amidine groups is 1. The van der Waals surface area contributed by atoms with Gasteiger partial charge in [-0.1, -0.05) is 38.1 Å². The number of hydrogen-bond acceptors (Lipinski definition) is 6. The number of fused-ring (bicyclic) bond motifs is 1. The van der Waals surface area contributed by atoms with Crippen LogP contribution >= 0.6 is 0 Å². The highest BCUT2D eigenvalue weighted by Gasteiger charge is 2.24. The van der Waals surface area contributed by atoms with E-state index in [1.54, 1.807) is 25.2 Å². The quantitative estimate of drug-likeness (QED) is 0.430. The van der Waals surface area contributed by atoms with E-state index in [4.69, 9.17) is 5.73 Å². The highest BCUT2D eigenvalue weighted by molar-refractivity contribution is 7.89. The number of nitrogens with two attached hydrogens (primary N) is 1. The van der Waals surface area contributed by atoms with E-state index >= 15 is 0 Å². The van der Waals surface area contributed by atoms with Crippen LogP contribution in [0, 0.1) is 5.92 Å². The highest BCUT2D eigenvalue weighted by atomic mass is 32.2. The summed E-state index contributed by atoms with van der Waals surface area (Å²) in [6, 6.07) is 12.8. The van der Waals surface area contributed by atoms with Crippen molar-refractivity contribution in [3.63, 3.8) is 0 Å². The first-order valence-corrected chi connectivity index (χ1v) is 15.4. The topological polar surface area (TPSA) is 108 Å². The first-order chi connectivity index (χ1) is 18.7. The van der Waals surface area contributed by atoms with Crippen LogP contribution in [0.25, 0.3) is 17.2 Å². The molecule has 210 valence electrons. The van der Waals surface area contributed by atoms with Crippen LogP contribution in [0.15, 0.2) is 57.9 Å². The van der Waals surface area contributed by atoms with Crippen molar-refractivity contribution >= 4 is 33.5 Å². The van der Waals surface area contributed by atoms with Crippen LogP contribution in [0.5, 0.6) is 0 Å². The molecule has 0 radical (unpaired) electrons. The first-order valence-electron chi connectivity index (χ1n) is 14.0. The molecule has 1 fully saturated rings. The Morgan fingerprint density at radius 2 is 1.82 bits per heavy atom. The van der Waals surface area contributed by atoms with Crippen LogP contribution in [0.1, 0.15) is 51.5 Å². The van der Waals surface area contributed by atoms with Gasteiger partial charge in [-0.3, -0.25) is 4.79 Å². The molecule has 0 aliphatic carbocycles. The highest BCUT2D eigenvalue weighted by Crippen LogP contribution is 2.33. The van der Waals surface area contributed by atoms with Crippen LogP contribution in [-0.2, 0) is 14.8 Å². The van der Waals surface area contributed by atoms with Crippen molar-refractivity contribution in [2.45, 2.75) is 50.8 Å². The van der Waals surface area contributed by atoms with E-state index in [0.29, 0.717) is 49.1 Å². The molecule has 9 heteroatoms. The van der Waals surface area contributed by atoms with Gasteiger partial charge in [0.15, 0.2) is 0 Å². The fraction of sp³-hybridized carbons (Fsp3) is 0.467. The SMILES string of the molecule is CCCN(CCC)C(=O)C1=Cc2ccc(-c3cccc(S(=O)(=O)N(C)CCC4CCNC4)c3)cc2N=C(N)C1. The zero-order valence-electron chi connectivity index (χ0n) is 23.3. The summed E-state index contributed by atoms with van der Waals surface area (Å²) in [6.07, 6.45) is 5.91. The van der Waals surface area contributed by atoms with E-state index in [9.17, 15) is 13.2 Å². The predicted octanol–water partition coefficient (Wildman–Crippen LogP) is 4.40. The van der Waals surface area contributed by atoms with Crippen LogP contribution in [0.2, 0.25) is 0 Å². The lowest BCUT2D eigenvalue weighted by molar-refractivity contribution is -0.127. The van der Waals surface area contributed by atoms with Crippen LogP contribution in [-0.4, -0.2) is 69.1 Å². The number of rotatable bonds is 11.